The number of anilines is 1. The van der Waals surface area contributed by atoms with Crippen molar-refractivity contribution in [2.75, 3.05) is 5.32 Å². The molecule has 3 N–H and O–H groups in total. The van der Waals surface area contributed by atoms with E-state index in [-0.39, 0.29) is 5.91 Å². The molecule has 2 aromatic rings. The lowest BCUT2D eigenvalue weighted by molar-refractivity contribution is 0.0996. The van der Waals surface area contributed by atoms with Crippen LogP contribution in [0.1, 0.15) is 20.0 Å². The molecule has 1 aromatic carbocycles. The van der Waals surface area contributed by atoms with E-state index in [1.807, 2.05) is 0 Å². The van der Waals surface area contributed by atoms with Gasteiger partial charge in [0.05, 0.1) is 4.88 Å². The fourth-order valence-corrected chi connectivity index (χ4v) is 2.43. The summed E-state index contributed by atoms with van der Waals surface area (Å²) >= 11 is 5.45. The van der Waals surface area contributed by atoms with Crippen LogP contribution in [0.2, 0.25) is 0 Å². The Labute approximate surface area is 113 Å². The monoisotopic (exact) mass is 278 g/mol. The maximum atomic E-state index is 11.9. The summed E-state index contributed by atoms with van der Waals surface area (Å²) in [6.45, 7) is 0. The first-order valence-electron chi connectivity index (χ1n) is 5.05. The lowest BCUT2D eigenvalue weighted by Crippen LogP contribution is -2.13. The van der Waals surface area contributed by atoms with Gasteiger partial charge >= 0.3 is 0 Å². The molecule has 4 nitrogen and oxygen atoms in total. The molecule has 92 valence electrons. The lowest BCUT2D eigenvalue weighted by atomic mass is 10.2. The van der Waals surface area contributed by atoms with Crippen LogP contribution in [0.5, 0.6) is 0 Å². The highest BCUT2D eigenvalue weighted by atomic mass is 32.1. The van der Waals surface area contributed by atoms with Gasteiger partial charge in [0.25, 0.3) is 5.91 Å². The van der Waals surface area contributed by atoms with Gasteiger partial charge in [-0.25, -0.2) is 0 Å². The highest BCUT2D eigenvalue weighted by Crippen LogP contribution is 2.19. The molecule has 0 aliphatic carbocycles. The Morgan fingerprint density at radius 2 is 2.06 bits per heavy atom. The summed E-state index contributed by atoms with van der Waals surface area (Å²) in [6.07, 6.45) is 0. The van der Waals surface area contributed by atoms with E-state index in [2.05, 4.69) is 17.9 Å². The largest absolute Gasteiger partial charge is 0.366 e. The van der Waals surface area contributed by atoms with Crippen LogP contribution in [0.4, 0.5) is 5.69 Å². The minimum absolute atomic E-state index is 0.234. The van der Waals surface area contributed by atoms with E-state index in [0.29, 0.717) is 16.1 Å². The summed E-state index contributed by atoms with van der Waals surface area (Å²) in [5.41, 5.74) is 6.06. The highest BCUT2D eigenvalue weighted by molar-refractivity contribution is 7.80. The fourth-order valence-electron chi connectivity index (χ4n) is 1.39. The summed E-state index contributed by atoms with van der Waals surface area (Å²) in [5, 5.41) is 4.47. The quantitative estimate of drug-likeness (QED) is 0.754. The smallest absolute Gasteiger partial charge is 0.265 e. The van der Waals surface area contributed by atoms with E-state index in [0.717, 1.165) is 4.90 Å². The second-order valence-electron chi connectivity index (χ2n) is 3.57. The van der Waals surface area contributed by atoms with Gasteiger partial charge in [-0.3, -0.25) is 9.59 Å². The molecule has 1 aromatic heterocycles. The van der Waals surface area contributed by atoms with E-state index in [1.54, 1.807) is 29.6 Å². The van der Waals surface area contributed by atoms with Crippen molar-refractivity contribution in [1.29, 1.82) is 0 Å². The zero-order valence-corrected chi connectivity index (χ0v) is 10.9. The molecule has 0 fully saturated rings. The molecule has 1 heterocycles. The molecule has 0 atom stereocenters. The molecule has 2 rings (SSSR count). The zero-order valence-electron chi connectivity index (χ0n) is 9.21. The van der Waals surface area contributed by atoms with E-state index < -0.39 is 5.91 Å². The minimum Gasteiger partial charge on any atom is -0.366 e. The molecule has 0 saturated carbocycles. The number of carbonyl (C=O) groups is 2. The molecule has 0 aliphatic rings. The van der Waals surface area contributed by atoms with Crippen molar-refractivity contribution in [3.63, 3.8) is 0 Å². The maximum Gasteiger partial charge on any atom is 0.265 e. The summed E-state index contributed by atoms with van der Waals surface area (Å²) in [5.74, 6) is -0.762. The van der Waals surface area contributed by atoms with Crippen molar-refractivity contribution >= 4 is 41.5 Å². The van der Waals surface area contributed by atoms with Gasteiger partial charge in [-0.15, -0.1) is 24.0 Å². The first-order chi connectivity index (χ1) is 8.56. The van der Waals surface area contributed by atoms with Gasteiger partial charge in [-0.2, -0.15) is 0 Å². The van der Waals surface area contributed by atoms with Crippen LogP contribution in [0.25, 0.3) is 0 Å². The van der Waals surface area contributed by atoms with Crippen LogP contribution in [0.15, 0.2) is 40.6 Å². The van der Waals surface area contributed by atoms with Gasteiger partial charge in [0.1, 0.15) is 0 Å². The van der Waals surface area contributed by atoms with Crippen LogP contribution >= 0.6 is 24.0 Å². The van der Waals surface area contributed by atoms with Gasteiger partial charge in [-0.1, -0.05) is 6.07 Å². The number of nitrogens with two attached hydrogens (primary N) is 1. The number of primary amides is 1. The lowest BCUT2D eigenvalue weighted by Gasteiger charge is -2.04. The fraction of sp³-hybridized carbons (Fsp3) is 0. The summed E-state index contributed by atoms with van der Waals surface area (Å²) in [4.78, 5) is 24.2. The molecule has 6 heteroatoms. The van der Waals surface area contributed by atoms with E-state index >= 15 is 0 Å². The van der Waals surface area contributed by atoms with Crippen LogP contribution in [-0.4, -0.2) is 11.8 Å². The Morgan fingerprint density at radius 3 is 2.67 bits per heavy atom. The van der Waals surface area contributed by atoms with Gasteiger partial charge < -0.3 is 11.1 Å². The molecule has 0 spiro atoms. The average molecular weight is 278 g/mol. The molecule has 0 radical (unpaired) electrons. The standard InChI is InChI=1S/C12H10N2O2S2/c13-11(15)7-2-1-3-8(4-7)14-12(16)10-5-9(17)6-18-10/h1-6,17H,(H2,13,15)(H,14,16). The number of rotatable bonds is 3. The summed E-state index contributed by atoms with van der Waals surface area (Å²) in [7, 11) is 0. The van der Waals surface area contributed by atoms with Gasteiger partial charge in [-0.05, 0) is 24.3 Å². The number of hydrogen-bond donors (Lipinski definition) is 3. The molecule has 18 heavy (non-hydrogen) atoms. The first-order valence-corrected chi connectivity index (χ1v) is 6.37. The average Bonchev–Trinajstić information content (AvgIpc) is 2.76. The highest BCUT2D eigenvalue weighted by Gasteiger charge is 2.09. The predicted molar refractivity (Wildman–Crippen MR) is 74.5 cm³/mol. The Bertz CT molecular complexity index is 608. The molecule has 2 amide bonds. The van der Waals surface area contributed by atoms with Crippen LogP contribution < -0.4 is 11.1 Å². The Kier molecular flexibility index (Phi) is 3.69. The van der Waals surface area contributed by atoms with Crippen LogP contribution in [-0.2, 0) is 0 Å². The molecule has 0 aliphatic heterocycles. The van der Waals surface area contributed by atoms with Gasteiger partial charge in [0.2, 0.25) is 5.91 Å². The van der Waals surface area contributed by atoms with Crippen LogP contribution in [0, 0.1) is 0 Å². The number of hydrogen-bond acceptors (Lipinski definition) is 4. The predicted octanol–water partition coefficient (Wildman–Crippen LogP) is 2.39. The van der Waals surface area contributed by atoms with Crippen molar-refractivity contribution in [3.8, 4) is 0 Å². The third-order valence-corrected chi connectivity index (χ3v) is 3.58. The SMILES string of the molecule is NC(=O)c1cccc(NC(=O)c2cc(S)cs2)c1. The second kappa shape index (κ2) is 5.24. The molecule has 0 bridgehead atoms. The topological polar surface area (TPSA) is 72.2 Å². The maximum absolute atomic E-state index is 11.9. The Morgan fingerprint density at radius 1 is 1.28 bits per heavy atom. The molecular formula is C12H10N2O2S2. The van der Waals surface area contributed by atoms with Gasteiger partial charge in [0, 0.05) is 21.5 Å². The molecule has 0 saturated heterocycles. The Hall–Kier alpha value is -1.79. The third-order valence-electron chi connectivity index (χ3n) is 2.21. The molecule has 0 unspecified atom stereocenters. The molecular weight excluding hydrogens is 268 g/mol. The normalized spacial score (nSPS) is 10.1. The number of benzene rings is 1. The summed E-state index contributed by atoms with van der Waals surface area (Å²) < 4.78 is 0. The Balaban J connectivity index is 2.16. The third kappa shape index (κ3) is 2.91. The van der Waals surface area contributed by atoms with Crippen molar-refractivity contribution in [1.82, 2.24) is 0 Å². The van der Waals surface area contributed by atoms with Gasteiger partial charge in [0.15, 0.2) is 0 Å². The zero-order chi connectivity index (χ0) is 13.1. The van der Waals surface area contributed by atoms with E-state index in [9.17, 15) is 9.59 Å². The van der Waals surface area contributed by atoms with Crippen molar-refractivity contribution < 1.29 is 9.59 Å². The van der Waals surface area contributed by atoms with Crippen molar-refractivity contribution in [3.05, 3.63) is 46.2 Å². The van der Waals surface area contributed by atoms with Crippen molar-refractivity contribution in [2.24, 2.45) is 5.73 Å². The first kappa shape index (κ1) is 12.7. The minimum atomic E-state index is -0.528. The number of carbonyl (C=O) groups excluding carboxylic acids is 2. The number of amides is 2. The summed E-state index contributed by atoms with van der Waals surface area (Å²) in [6, 6.07) is 8.17. The second-order valence-corrected chi connectivity index (χ2v) is 5.00. The number of thiophene rings is 1. The van der Waals surface area contributed by atoms with Crippen LogP contribution in [0.3, 0.4) is 0 Å². The van der Waals surface area contributed by atoms with E-state index in [1.165, 1.54) is 17.4 Å². The van der Waals surface area contributed by atoms with E-state index in [4.69, 9.17) is 5.73 Å². The number of thiol groups is 1. The van der Waals surface area contributed by atoms with Crippen molar-refractivity contribution in [2.45, 2.75) is 4.90 Å². The number of nitrogens with one attached hydrogen (secondary N) is 1.